The summed E-state index contributed by atoms with van der Waals surface area (Å²) in [6, 6.07) is 3.85. The molecule has 0 aliphatic heterocycles. The molecule has 1 heterocycles. The van der Waals surface area contributed by atoms with Gasteiger partial charge >= 0.3 is 0 Å². The molecule has 1 atom stereocenters. The molecule has 0 unspecified atom stereocenters. The number of carbonyl (C=O) groups is 1. The average molecular weight is 233 g/mol. The number of aryl methyl sites for hydroxylation is 1. The normalized spacial score (nSPS) is 18.6. The third kappa shape index (κ3) is 3.22. The van der Waals surface area contributed by atoms with Gasteiger partial charge in [-0.25, -0.2) is 0 Å². The van der Waals surface area contributed by atoms with Crippen molar-refractivity contribution in [3.8, 4) is 0 Å². The fourth-order valence-corrected chi connectivity index (χ4v) is 2.14. The van der Waals surface area contributed by atoms with Crippen LogP contribution in [0.5, 0.6) is 0 Å². The zero-order valence-corrected chi connectivity index (χ0v) is 10.5. The van der Waals surface area contributed by atoms with Crippen LogP contribution >= 0.6 is 0 Å². The summed E-state index contributed by atoms with van der Waals surface area (Å²) in [6.07, 6.45) is 7.15. The molecule has 0 N–H and O–H groups in total. The van der Waals surface area contributed by atoms with Crippen molar-refractivity contribution < 1.29 is 9.21 Å². The zero-order valence-electron chi connectivity index (χ0n) is 10.5. The summed E-state index contributed by atoms with van der Waals surface area (Å²) in [6.45, 7) is 2.47. The van der Waals surface area contributed by atoms with Crippen molar-refractivity contribution in [1.29, 1.82) is 0 Å². The van der Waals surface area contributed by atoms with E-state index in [1.54, 1.807) is 4.90 Å². The highest BCUT2D eigenvalue weighted by atomic mass is 16.3. The number of furan rings is 1. The second kappa shape index (κ2) is 5.21. The molecule has 0 bridgehead atoms. The zero-order chi connectivity index (χ0) is 12.3. The molecule has 3 nitrogen and oxygen atoms in total. The highest BCUT2D eigenvalue weighted by Gasteiger charge is 2.17. The monoisotopic (exact) mass is 233 g/mol. The van der Waals surface area contributed by atoms with Gasteiger partial charge in [0.25, 0.3) is 0 Å². The van der Waals surface area contributed by atoms with E-state index in [1.807, 2.05) is 26.1 Å². The summed E-state index contributed by atoms with van der Waals surface area (Å²) in [5.74, 6) is 2.36. The van der Waals surface area contributed by atoms with E-state index >= 15 is 0 Å². The third-order valence-corrected chi connectivity index (χ3v) is 3.16. The Balaban J connectivity index is 1.84. The van der Waals surface area contributed by atoms with E-state index in [1.165, 1.54) is 0 Å². The van der Waals surface area contributed by atoms with Gasteiger partial charge in [-0.3, -0.25) is 4.79 Å². The van der Waals surface area contributed by atoms with Crippen molar-refractivity contribution in [3.63, 3.8) is 0 Å². The summed E-state index contributed by atoms with van der Waals surface area (Å²) in [5, 5.41) is 0. The maximum absolute atomic E-state index is 12.0. The molecule has 17 heavy (non-hydrogen) atoms. The number of allylic oxidation sites excluding steroid dienone is 2. The van der Waals surface area contributed by atoms with E-state index in [9.17, 15) is 4.79 Å². The Kier molecular flexibility index (Phi) is 3.67. The van der Waals surface area contributed by atoms with Crippen molar-refractivity contribution in [2.45, 2.75) is 32.7 Å². The Morgan fingerprint density at radius 3 is 2.94 bits per heavy atom. The predicted molar refractivity (Wildman–Crippen MR) is 66.4 cm³/mol. The number of hydrogen-bond donors (Lipinski definition) is 0. The van der Waals surface area contributed by atoms with Crippen molar-refractivity contribution >= 4 is 5.91 Å². The number of nitrogens with zero attached hydrogens (tertiary/aromatic N) is 1. The predicted octanol–water partition coefficient (Wildman–Crippen LogP) is 2.90. The minimum Gasteiger partial charge on any atom is -0.464 e. The van der Waals surface area contributed by atoms with Gasteiger partial charge in [-0.15, -0.1) is 0 Å². The van der Waals surface area contributed by atoms with Gasteiger partial charge < -0.3 is 9.32 Å². The quantitative estimate of drug-likeness (QED) is 0.749. The fourth-order valence-electron chi connectivity index (χ4n) is 2.14. The Labute approximate surface area is 102 Å². The number of carbonyl (C=O) groups excluding carboxylic acids is 1. The molecule has 3 heteroatoms. The van der Waals surface area contributed by atoms with Crippen LogP contribution in [-0.2, 0) is 11.3 Å². The summed E-state index contributed by atoms with van der Waals surface area (Å²) >= 11 is 0. The first-order valence-corrected chi connectivity index (χ1v) is 6.11. The lowest BCUT2D eigenvalue weighted by atomic mass is 10.0. The van der Waals surface area contributed by atoms with Crippen LogP contribution in [0.3, 0.4) is 0 Å². The number of hydrogen-bond acceptors (Lipinski definition) is 2. The van der Waals surface area contributed by atoms with Crippen LogP contribution < -0.4 is 0 Å². The fraction of sp³-hybridized carbons (Fsp3) is 0.500. The summed E-state index contributed by atoms with van der Waals surface area (Å²) in [4.78, 5) is 13.7. The van der Waals surface area contributed by atoms with Crippen LogP contribution in [-0.4, -0.2) is 17.9 Å². The highest BCUT2D eigenvalue weighted by molar-refractivity contribution is 5.76. The Hall–Kier alpha value is -1.51. The van der Waals surface area contributed by atoms with Crippen LogP contribution in [0.4, 0.5) is 0 Å². The molecule has 0 spiro atoms. The molecule has 0 aromatic carbocycles. The van der Waals surface area contributed by atoms with Crippen molar-refractivity contribution in [1.82, 2.24) is 4.90 Å². The Morgan fingerprint density at radius 1 is 1.53 bits per heavy atom. The van der Waals surface area contributed by atoms with Gasteiger partial charge in [0.15, 0.2) is 0 Å². The molecule has 0 saturated heterocycles. The molecule has 1 aromatic rings. The third-order valence-electron chi connectivity index (χ3n) is 3.16. The van der Waals surface area contributed by atoms with E-state index in [0.29, 0.717) is 18.9 Å². The first kappa shape index (κ1) is 12.0. The highest BCUT2D eigenvalue weighted by Crippen LogP contribution is 2.21. The number of rotatable bonds is 4. The second-order valence-electron chi connectivity index (χ2n) is 4.73. The molecule has 0 radical (unpaired) electrons. The first-order chi connectivity index (χ1) is 8.15. The topological polar surface area (TPSA) is 33.5 Å². The van der Waals surface area contributed by atoms with Gasteiger partial charge in [0.05, 0.1) is 6.54 Å². The maximum Gasteiger partial charge on any atom is 0.223 e. The van der Waals surface area contributed by atoms with Gasteiger partial charge in [0.2, 0.25) is 5.91 Å². The van der Waals surface area contributed by atoms with Crippen molar-refractivity contribution in [3.05, 3.63) is 35.8 Å². The molecule has 0 saturated carbocycles. The molecule has 2 rings (SSSR count). The summed E-state index contributed by atoms with van der Waals surface area (Å²) < 4.78 is 5.47. The van der Waals surface area contributed by atoms with Crippen LogP contribution in [0.1, 0.15) is 30.8 Å². The molecular formula is C14H19NO2. The number of amides is 1. The Bertz CT molecular complexity index is 420. The van der Waals surface area contributed by atoms with Gasteiger partial charge in [0, 0.05) is 13.5 Å². The lowest BCUT2D eigenvalue weighted by molar-refractivity contribution is -0.131. The lowest BCUT2D eigenvalue weighted by Gasteiger charge is -2.17. The molecule has 0 fully saturated rings. The second-order valence-corrected chi connectivity index (χ2v) is 4.73. The van der Waals surface area contributed by atoms with Gasteiger partial charge in [-0.2, -0.15) is 0 Å². The first-order valence-electron chi connectivity index (χ1n) is 6.11. The molecular weight excluding hydrogens is 214 g/mol. The molecule has 1 aromatic heterocycles. The van der Waals surface area contributed by atoms with Crippen LogP contribution in [0.15, 0.2) is 28.7 Å². The molecule has 92 valence electrons. The molecule has 1 aliphatic carbocycles. The largest absolute Gasteiger partial charge is 0.464 e. The van der Waals surface area contributed by atoms with Crippen molar-refractivity contribution in [2.24, 2.45) is 5.92 Å². The standard InChI is InChI=1S/C14H19NO2/c1-11-7-8-13(17-11)10-15(2)14(16)9-12-5-3-4-6-12/h3,5,7-8,12H,4,6,9-10H2,1-2H3/t12-/m1/s1. The van der Waals surface area contributed by atoms with Gasteiger partial charge in [-0.1, -0.05) is 12.2 Å². The van der Waals surface area contributed by atoms with Crippen LogP contribution in [0.2, 0.25) is 0 Å². The Morgan fingerprint density at radius 2 is 2.35 bits per heavy atom. The van der Waals surface area contributed by atoms with E-state index in [4.69, 9.17) is 4.42 Å². The van der Waals surface area contributed by atoms with E-state index < -0.39 is 0 Å². The summed E-state index contributed by atoms with van der Waals surface area (Å²) in [5.41, 5.74) is 0. The minimum absolute atomic E-state index is 0.190. The average Bonchev–Trinajstić information content (AvgIpc) is 2.90. The smallest absolute Gasteiger partial charge is 0.223 e. The lowest BCUT2D eigenvalue weighted by Crippen LogP contribution is -2.27. The van der Waals surface area contributed by atoms with E-state index in [0.717, 1.165) is 24.4 Å². The SMILES string of the molecule is Cc1ccc(CN(C)C(=O)C[C@@H]2C=CCC2)o1. The maximum atomic E-state index is 12.0. The van der Waals surface area contributed by atoms with E-state index in [2.05, 4.69) is 12.2 Å². The molecule has 1 amide bonds. The summed E-state index contributed by atoms with van der Waals surface area (Å²) in [7, 11) is 1.83. The van der Waals surface area contributed by atoms with Crippen LogP contribution in [0.25, 0.3) is 0 Å². The molecule has 1 aliphatic rings. The van der Waals surface area contributed by atoms with Gasteiger partial charge in [-0.05, 0) is 37.8 Å². The van der Waals surface area contributed by atoms with Crippen molar-refractivity contribution in [2.75, 3.05) is 7.05 Å². The van der Waals surface area contributed by atoms with E-state index in [-0.39, 0.29) is 5.91 Å². The minimum atomic E-state index is 0.190. The van der Waals surface area contributed by atoms with Gasteiger partial charge in [0.1, 0.15) is 11.5 Å². The van der Waals surface area contributed by atoms with Crippen LogP contribution in [0, 0.1) is 12.8 Å².